The molecule has 0 aliphatic heterocycles. The number of carboxylic acid groups (broad SMARTS) is 1. The number of aliphatic hydroxyl groups excluding tert-OH is 1. The Balaban J connectivity index is 1.34. The molecule has 1 aliphatic rings. The third kappa shape index (κ3) is 7.87. The standard InChI is InChI=1S/C31H35F3N2O3S/c1-30(2,17-20-13-21-7-4-5-8-22(21)14-20)35-18-26(37)19-36(3)40-28-12-11-24(16-27(28)31(32,33)34)23-9-6-10-25(15-23)29(38)39/h4-12,15-16,20,26,35,37H,13-14,17-19H2,1-3H3,(H,38,39)/t26-/m1/s1. The van der Waals surface area contributed by atoms with Gasteiger partial charge in [0, 0.05) is 23.5 Å². The minimum absolute atomic E-state index is 0.00311. The summed E-state index contributed by atoms with van der Waals surface area (Å²) < 4.78 is 43.6. The molecule has 0 amide bonds. The van der Waals surface area contributed by atoms with Gasteiger partial charge >= 0.3 is 12.1 Å². The molecule has 1 atom stereocenters. The van der Waals surface area contributed by atoms with Gasteiger partial charge in [0.25, 0.3) is 0 Å². The maximum Gasteiger partial charge on any atom is 0.417 e. The lowest BCUT2D eigenvalue weighted by atomic mass is 9.88. The Hall–Kier alpha value is -2.85. The zero-order valence-electron chi connectivity index (χ0n) is 22.8. The van der Waals surface area contributed by atoms with E-state index in [1.165, 1.54) is 35.4 Å². The van der Waals surface area contributed by atoms with Crippen molar-refractivity contribution in [2.24, 2.45) is 5.92 Å². The van der Waals surface area contributed by atoms with Crippen molar-refractivity contribution in [3.8, 4) is 11.1 Å². The Kier molecular flexibility index (Phi) is 9.29. The first-order valence-electron chi connectivity index (χ1n) is 13.2. The molecule has 0 heterocycles. The molecule has 0 unspecified atom stereocenters. The zero-order chi connectivity index (χ0) is 29.1. The van der Waals surface area contributed by atoms with Gasteiger partial charge in [0.2, 0.25) is 0 Å². The van der Waals surface area contributed by atoms with Crippen LogP contribution in [0.3, 0.4) is 0 Å². The molecule has 0 aromatic heterocycles. The number of halogens is 3. The quantitative estimate of drug-likeness (QED) is 0.227. The smallest absolute Gasteiger partial charge is 0.417 e. The Bertz CT molecular complexity index is 1320. The largest absolute Gasteiger partial charge is 0.478 e. The van der Waals surface area contributed by atoms with E-state index in [1.807, 2.05) is 0 Å². The van der Waals surface area contributed by atoms with Crippen LogP contribution in [0.1, 0.15) is 47.3 Å². The minimum Gasteiger partial charge on any atom is -0.478 e. The number of β-amino-alcohol motifs (C(OH)–C–C–N with tert-alkyl or cyclic N) is 1. The summed E-state index contributed by atoms with van der Waals surface area (Å²) in [4.78, 5) is 11.3. The lowest BCUT2D eigenvalue weighted by molar-refractivity contribution is -0.139. The summed E-state index contributed by atoms with van der Waals surface area (Å²) in [5, 5.41) is 23.3. The lowest BCUT2D eigenvalue weighted by Gasteiger charge is -2.31. The van der Waals surface area contributed by atoms with Gasteiger partial charge in [-0.2, -0.15) is 13.2 Å². The van der Waals surface area contributed by atoms with Gasteiger partial charge in [-0.1, -0.05) is 42.5 Å². The summed E-state index contributed by atoms with van der Waals surface area (Å²) in [6, 6.07) is 18.3. The first-order valence-corrected chi connectivity index (χ1v) is 14.0. The molecule has 214 valence electrons. The summed E-state index contributed by atoms with van der Waals surface area (Å²) in [5.41, 5.74) is 2.47. The van der Waals surface area contributed by atoms with E-state index in [-0.39, 0.29) is 28.1 Å². The second kappa shape index (κ2) is 12.3. The number of rotatable bonds is 11. The fraction of sp³-hybridized carbons (Fsp3) is 0.387. The van der Waals surface area contributed by atoms with Crippen LogP contribution in [0.5, 0.6) is 0 Å². The molecule has 0 spiro atoms. The van der Waals surface area contributed by atoms with Crippen molar-refractivity contribution in [2.45, 2.75) is 55.8 Å². The maximum atomic E-state index is 14.0. The number of hydrogen-bond donors (Lipinski definition) is 3. The van der Waals surface area contributed by atoms with Gasteiger partial charge in [-0.25, -0.2) is 9.10 Å². The monoisotopic (exact) mass is 572 g/mol. The zero-order valence-corrected chi connectivity index (χ0v) is 23.6. The highest BCUT2D eigenvalue weighted by Gasteiger charge is 2.35. The van der Waals surface area contributed by atoms with Crippen LogP contribution in [0.25, 0.3) is 11.1 Å². The molecule has 0 radical (unpaired) electrons. The van der Waals surface area contributed by atoms with Gasteiger partial charge in [0.1, 0.15) is 0 Å². The third-order valence-electron chi connectivity index (χ3n) is 7.20. The van der Waals surface area contributed by atoms with Crippen LogP contribution in [0.4, 0.5) is 13.2 Å². The second-order valence-corrected chi connectivity index (χ2v) is 12.4. The van der Waals surface area contributed by atoms with E-state index in [0.29, 0.717) is 18.0 Å². The number of aliphatic hydroxyl groups is 1. The number of alkyl halides is 3. The average Bonchev–Trinajstić information content (AvgIpc) is 3.28. The SMILES string of the molecule is CN(C[C@H](O)CNC(C)(C)CC1Cc2ccccc2C1)Sc1ccc(-c2cccc(C(=O)O)c2)cc1C(F)(F)F. The van der Waals surface area contributed by atoms with Gasteiger partial charge in [-0.3, -0.25) is 0 Å². The number of carbonyl (C=O) groups is 1. The second-order valence-electron chi connectivity index (χ2n) is 11.2. The molecule has 9 heteroatoms. The fourth-order valence-corrected chi connectivity index (χ4v) is 6.38. The molecule has 1 aliphatic carbocycles. The molecule has 3 N–H and O–H groups in total. The van der Waals surface area contributed by atoms with Crippen LogP contribution in [0.2, 0.25) is 0 Å². The molecule has 40 heavy (non-hydrogen) atoms. The van der Waals surface area contributed by atoms with Gasteiger partial charge in [-0.15, -0.1) is 0 Å². The first-order chi connectivity index (χ1) is 18.8. The van der Waals surface area contributed by atoms with Crippen molar-refractivity contribution in [1.82, 2.24) is 9.62 Å². The van der Waals surface area contributed by atoms with Crippen molar-refractivity contribution >= 4 is 17.9 Å². The number of aromatic carboxylic acids is 1. The van der Waals surface area contributed by atoms with Crippen molar-refractivity contribution < 1.29 is 28.2 Å². The van der Waals surface area contributed by atoms with E-state index in [4.69, 9.17) is 0 Å². The molecule has 3 aromatic rings. The summed E-state index contributed by atoms with van der Waals surface area (Å²) in [6.45, 7) is 4.72. The molecule has 4 rings (SSSR count). The van der Waals surface area contributed by atoms with E-state index < -0.39 is 23.8 Å². The number of likely N-dealkylation sites (N-methyl/N-ethyl adjacent to an activating group) is 1. The van der Waals surface area contributed by atoms with Crippen LogP contribution >= 0.6 is 11.9 Å². The van der Waals surface area contributed by atoms with Crippen molar-refractivity contribution in [3.63, 3.8) is 0 Å². The van der Waals surface area contributed by atoms with Crippen LogP contribution < -0.4 is 5.32 Å². The summed E-state index contributed by atoms with van der Waals surface area (Å²) in [7, 11) is 1.65. The van der Waals surface area contributed by atoms with Crippen LogP contribution in [0.15, 0.2) is 71.6 Å². The number of benzene rings is 3. The minimum atomic E-state index is -4.60. The predicted molar refractivity (Wildman–Crippen MR) is 152 cm³/mol. The van der Waals surface area contributed by atoms with E-state index >= 15 is 0 Å². The summed E-state index contributed by atoms with van der Waals surface area (Å²) in [6.07, 6.45) is -2.32. The number of hydrogen-bond acceptors (Lipinski definition) is 5. The molecule has 0 saturated carbocycles. The fourth-order valence-electron chi connectivity index (χ4n) is 5.39. The van der Waals surface area contributed by atoms with E-state index in [0.717, 1.165) is 37.3 Å². The average molecular weight is 573 g/mol. The van der Waals surface area contributed by atoms with Crippen molar-refractivity contribution in [2.75, 3.05) is 20.1 Å². The Morgan fingerprint density at radius 3 is 2.30 bits per heavy atom. The molecule has 0 bridgehead atoms. The van der Waals surface area contributed by atoms with Crippen LogP contribution in [0, 0.1) is 5.92 Å². The topological polar surface area (TPSA) is 72.8 Å². The predicted octanol–water partition coefficient (Wildman–Crippen LogP) is 6.54. The van der Waals surface area contributed by atoms with Gasteiger partial charge in [0.05, 0.1) is 17.2 Å². The first kappa shape index (κ1) is 30.1. The number of nitrogens with one attached hydrogen (secondary N) is 1. The van der Waals surface area contributed by atoms with Gasteiger partial charge in [-0.05, 0) is 105 Å². The number of nitrogens with zero attached hydrogens (tertiary/aromatic N) is 1. The Labute approximate surface area is 237 Å². The molecular weight excluding hydrogens is 537 g/mol. The molecule has 0 saturated heterocycles. The maximum absolute atomic E-state index is 14.0. The van der Waals surface area contributed by atoms with Crippen LogP contribution in [-0.2, 0) is 19.0 Å². The lowest BCUT2D eigenvalue weighted by Crippen LogP contribution is -2.46. The Morgan fingerprint density at radius 2 is 1.68 bits per heavy atom. The van der Waals surface area contributed by atoms with Crippen molar-refractivity contribution in [1.29, 1.82) is 0 Å². The summed E-state index contributed by atoms with van der Waals surface area (Å²) >= 11 is 0.921. The van der Waals surface area contributed by atoms with E-state index in [1.54, 1.807) is 23.5 Å². The third-order valence-corrected chi connectivity index (χ3v) is 8.21. The highest BCUT2D eigenvalue weighted by molar-refractivity contribution is 7.97. The highest BCUT2D eigenvalue weighted by Crippen LogP contribution is 2.40. The molecule has 3 aromatic carbocycles. The Morgan fingerprint density at radius 1 is 1.02 bits per heavy atom. The van der Waals surface area contributed by atoms with Gasteiger partial charge < -0.3 is 15.5 Å². The van der Waals surface area contributed by atoms with E-state index in [9.17, 15) is 28.2 Å². The highest BCUT2D eigenvalue weighted by atomic mass is 32.2. The molecule has 0 fully saturated rings. The number of carboxylic acids is 1. The molecule has 5 nitrogen and oxygen atoms in total. The number of fused-ring (bicyclic) bond motifs is 1. The molecular formula is C31H35F3N2O3S. The van der Waals surface area contributed by atoms with E-state index in [2.05, 4.69) is 43.4 Å². The summed E-state index contributed by atoms with van der Waals surface area (Å²) in [5.74, 6) is -0.613. The van der Waals surface area contributed by atoms with Gasteiger partial charge in [0.15, 0.2) is 0 Å². The normalized spacial score (nSPS) is 14.9. The van der Waals surface area contributed by atoms with Crippen LogP contribution in [-0.4, -0.2) is 52.3 Å². The van der Waals surface area contributed by atoms with Crippen molar-refractivity contribution in [3.05, 3.63) is 89.0 Å².